The Bertz CT molecular complexity index is 1380. The minimum atomic E-state index is -1.23. The number of hydrogen-bond donors (Lipinski definition) is 1. The van der Waals surface area contributed by atoms with E-state index in [0.29, 0.717) is 17.9 Å². The Morgan fingerprint density at radius 2 is 1.93 bits per heavy atom. The number of carbonyl (C=O) groups excluding carboxylic acids is 3. The zero-order valence-electron chi connectivity index (χ0n) is 28.2. The number of anilines is 1. The number of nitrogens with zero attached hydrogens (tertiary/aromatic N) is 1. The molecule has 3 aliphatic rings. The van der Waals surface area contributed by atoms with Crippen LogP contribution < -0.4 is 15.0 Å². The molecule has 0 spiro atoms. The van der Waals surface area contributed by atoms with E-state index in [1.165, 1.54) is 19.1 Å². The van der Waals surface area contributed by atoms with Gasteiger partial charge in [0.1, 0.15) is 34.7 Å². The third-order valence-electron chi connectivity index (χ3n) is 9.14. The molecular weight excluding hydrogens is 616 g/mol. The Kier molecular flexibility index (Phi) is 11.1. The van der Waals surface area contributed by atoms with E-state index in [0.717, 1.165) is 11.1 Å². The number of carbonyl (C=O) groups is 3. The van der Waals surface area contributed by atoms with E-state index in [1.54, 1.807) is 14.2 Å². The second-order valence-corrected chi connectivity index (χ2v) is 13.4. The van der Waals surface area contributed by atoms with Crippen LogP contribution in [0.5, 0.6) is 5.75 Å². The Hall–Kier alpha value is -3.12. The number of ether oxygens (including phenoxy) is 6. The van der Waals surface area contributed by atoms with E-state index in [2.05, 4.69) is 5.32 Å². The predicted molar refractivity (Wildman–Crippen MR) is 173 cm³/mol. The maximum Gasteiger partial charge on any atom is 0.409 e. The summed E-state index contributed by atoms with van der Waals surface area (Å²) in [5.41, 5.74) is 0.0942. The smallest absolute Gasteiger partial charge is 0.409 e. The highest BCUT2D eigenvalue weighted by Gasteiger charge is 2.64. The van der Waals surface area contributed by atoms with Crippen molar-refractivity contribution in [3.63, 3.8) is 0 Å². The molecule has 4 rings (SSSR count). The number of fused-ring (bicyclic) bond motifs is 5. The molecule has 1 aromatic carbocycles. The molecule has 2 amide bonds. The van der Waals surface area contributed by atoms with E-state index >= 15 is 0 Å². The maximum atomic E-state index is 13.9. The maximum absolute atomic E-state index is 13.9. The summed E-state index contributed by atoms with van der Waals surface area (Å²) < 4.78 is 35.3. The third kappa shape index (κ3) is 7.54. The van der Waals surface area contributed by atoms with Gasteiger partial charge in [0.2, 0.25) is 5.91 Å². The van der Waals surface area contributed by atoms with Crippen molar-refractivity contribution >= 4 is 35.3 Å². The lowest BCUT2D eigenvalue weighted by Gasteiger charge is -2.44. The molecular formula is C34H47ClN2O9. The van der Waals surface area contributed by atoms with Crippen LogP contribution in [0.15, 0.2) is 35.9 Å². The van der Waals surface area contributed by atoms with E-state index in [4.69, 9.17) is 40.0 Å². The minimum Gasteiger partial charge on any atom is -0.495 e. The van der Waals surface area contributed by atoms with Crippen LogP contribution in [0, 0.1) is 11.8 Å². The van der Waals surface area contributed by atoms with Gasteiger partial charge in [-0.05, 0) is 43.9 Å². The molecule has 46 heavy (non-hydrogen) atoms. The van der Waals surface area contributed by atoms with Gasteiger partial charge in [0.15, 0.2) is 5.72 Å². The second-order valence-electron chi connectivity index (χ2n) is 13.0. The van der Waals surface area contributed by atoms with Crippen LogP contribution >= 0.6 is 11.6 Å². The fourth-order valence-corrected chi connectivity index (χ4v) is 6.69. The van der Waals surface area contributed by atoms with Gasteiger partial charge in [0.25, 0.3) is 0 Å². The van der Waals surface area contributed by atoms with Gasteiger partial charge in [0, 0.05) is 40.0 Å². The van der Waals surface area contributed by atoms with Gasteiger partial charge in [-0.2, -0.15) is 0 Å². The number of amides is 2. The molecule has 12 heteroatoms. The van der Waals surface area contributed by atoms with Gasteiger partial charge in [-0.15, -0.1) is 0 Å². The van der Waals surface area contributed by atoms with E-state index in [9.17, 15) is 14.4 Å². The number of epoxide rings is 1. The number of methoxy groups -OCH3 is 3. The predicted octanol–water partition coefficient (Wildman–Crippen LogP) is 5.37. The normalized spacial score (nSPS) is 31.8. The van der Waals surface area contributed by atoms with Gasteiger partial charge in [0.05, 0.1) is 25.3 Å². The fourth-order valence-electron chi connectivity index (χ4n) is 6.38. The van der Waals surface area contributed by atoms with Crippen LogP contribution in [0.3, 0.4) is 0 Å². The summed E-state index contributed by atoms with van der Waals surface area (Å²) in [7, 11) is 6.22. The second kappa shape index (κ2) is 14.3. The van der Waals surface area contributed by atoms with Crippen molar-refractivity contribution < 1.29 is 42.8 Å². The molecule has 2 fully saturated rings. The number of benzene rings is 1. The van der Waals surface area contributed by atoms with Crippen molar-refractivity contribution in [2.75, 3.05) is 33.3 Å². The van der Waals surface area contributed by atoms with Crippen LogP contribution in [0.1, 0.15) is 59.4 Å². The number of rotatable bonds is 6. The molecule has 3 aliphatic heterocycles. The molecule has 0 saturated carbocycles. The molecule has 7 atom stereocenters. The summed E-state index contributed by atoms with van der Waals surface area (Å²) in [5.74, 6) is -0.622. The first-order valence-electron chi connectivity index (χ1n) is 15.6. The van der Waals surface area contributed by atoms with Crippen LogP contribution in [0.25, 0.3) is 0 Å². The minimum absolute atomic E-state index is 0.0578. The topological polar surface area (TPSA) is 125 Å². The Labute approximate surface area is 276 Å². The number of esters is 1. The Morgan fingerprint density at radius 1 is 1.22 bits per heavy atom. The molecule has 7 unspecified atom stereocenters. The molecule has 254 valence electrons. The van der Waals surface area contributed by atoms with Gasteiger partial charge in [-0.3, -0.25) is 14.9 Å². The summed E-state index contributed by atoms with van der Waals surface area (Å²) in [4.78, 5) is 41.3. The van der Waals surface area contributed by atoms with Crippen LogP contribution in [0.2, 0.25) is 5.02 Å². The highest BCUT2D eigenvalue weighted by Crippen LogP contribution is 2.49. The summed E-state index contributed by atoms with van der Waals surface area (Å²) >= 11 is 6.72. The lowest BCUT2D eigenvalue weighted by Crippen LogP contribution is -2.64. The van der Waals surface area contributed by atoms with Crippen LogP contribution in [-0.2, 0) is 39.7 Å². The monoisotopic (exact) mass is 662 g/mol. The third-order valence-corrected chi connectivity index (χ3v) is 9.52. The van der Waals surface area contributed by atoms with Crippen molar-refractivity contribution in [1.29, 1.82) is 0 Å². The fraction of sp³-hybridized carbons (Fsp3) is 0.618. The summed E-state index contributed by atoms with van der Waals surface area (Å²) in [6.45, 7) is 9.54. The first-order chi connectivity index (χ1) is 21.7. The molecule has 0 radical (unpaired) electrons. The Balaban J connectivity index is 1.81. The molecule has 2 saturated heterocycles. The van der Waals surface area contributed by atoms with Gasteiger partial charge >= 0.3 is 12.1 Å². The van der Waals surface area contributed by atoms with Crippen LogP contribution in [-0.4, -0.2) is 82.1 Å². The SMILES string of the molecule is COc1cc2cc(c1Cl)N(C)C(=O)CC(OC(=O)CC(C)C)C1(C)OC1C(C)C1CC(OC)(NC(=O)O1)C(OC)C=CC=C(C)C2. The number of alkyl carbamates (subject to hydrolysis) is 1. The van der Waals surface area contributed by atoms with Crippen molar-refractivity contribution in [2.45, 2.75) is 96.0 Å². The highest BCUT2D eigenvalue weighted by atomic mass is 35.5. The van der Waals surface area contributed by atoms with Crippen molar-refractivity contribution in [1.82, 2.24) is 5.32 Å². The molecule has 1 N–H and O–H groups in total. The molecule has 0 aliphatic carbocycles. The number of allylic oxidation sites excluding steroid dienone is 3. The molecule has 11 nitrogen and oxygen atoms in total. The van der Waals surface area contributed by atoms with Crippen LogP contribution in [0.4, 0.5) is 10.5 Å². The molecule has 0 aromatic heterocycles. The zero-order valence-corrected chi connectivity index (χ0v) is 28.9. The number of hydrogen-bond acceptors (Lipinski definition) is 9. The number of nitrogens with one attached hydrogen (secondary N) is 1. The molecule has 1 aromatic rings. The standard InChI is InChI=1S/C34H47ClN2O9/c1-19(2)13-29(39)45-27-17-28(38)37(6)23-15-22(16-24(41-7)30(23)35)14-20(3)11-10-12-26(42-8)34(43-9)18-25(44-32(40)36-34)21(4)31-33(27,5)46-31/h10-12,15-16,19,21,25-27,31H,13-14,17-18H2,1-9H3,(H,36,40). The van der Waals surface area contributed by atoms with E-state index < -0.39 is 47.8 Å². The van der Waals surface area contributed by atoms with Crippen molar-refractivity contribution in [3.8, 4) is 5.75 Å². The van der Waals surface area contributed by atoms with Gasteiger partial charge in [-0.25, -0.2) is 4.79 Å². The van der Waals surface area contributed by atoms with E-state index in [-0.39, 0.29) is 42.0 Å². The van der Waals surface area contributed by atoms with Crippen molar-refractivity contribution in [2.24, 2.45) is 11.8 Å². The summed E-state index contributed by atoms with van der Waals surface area (Å²) in [5, 5.41) is 3.12. The number of halogens is 1. The summed E-state index contributed by atoms with van der Waals surface area (Å²) in [6.07, 6.45) is 3.09. The van der Waals surface area contributed by atoms with Gasteiger partial charge < -0.3 is 33.3 Å². The molecule has 4 bridgehead atoms. The van der Waals surface area contributed by atoms with Gasteiger partial charge in [-0.1, -0.05) is 56.2 Å². The molecule has 3 heterocycles. The lowest BCUT2D eigenvalue weighted by molar-refractivity contribution is -0.161. The zero-order chi connectivity index (χ0) is 34.0. The average Bonchev–Trinajstić information content (AvgIpc) is 3.70. The van der Waals surface area contributed by atoms with Crippen molar-refractivity contribution in [3.05, 3.63) is 46.5 Å². The summed E-state index contributed by atoms with van der Waals surface area (Å²) in [6, 6.07) is 3.69. The largest absolute Gasteiger partial charge is 0.495 e. The van der Waals surface area contributed by atoms with E-state index in [1.807, 2.05) is 65.0 Å². The lowest BCUT2D eigenvalue weighted by atomic mass is 9.83. The first-order valence-corrected chi connectivity index (χ1v) is 16.0. The average molecular weight is 663 g/mol. The quantitative estimate of drug-likeness (QED) is 0.316. The Morgan fingerprint density at radius 3 is 2.57 bits per heavy atom. The first kappa shape index (κ1) is 35.7. The highest BCUT2D eigenvalue weighted by molar-refractivity contribution is 6.35.